The van der Waals surface area contributed by atoms with E-state index in [-0.39, 0.29) is 37.7 Å². The summed E-state index contributed by atoms with van der Waals surface area (Å²) >= 11 is 5.63. The molecule has 184 valence electrons. The Balaban J connectivity index is 1.61. The molecule has 9 heteroatoms. The zero-order chi connectivity index (χ0) is 24.7. The predicted molar refractivity (Wildman–Crippen MR) is 129 cm³/mol. The van der Waals surface area contributed by atoms with Gasteiger partial charge < -0.3 is 24.8 Å². The zero-order valence-electron chi connectivity index (χ0n) is 19.7. The maximum absolute atomic E-state index is 10.2. The second-order valence-corrected chi connectivity index (χ2v) is 9.09. The number of halogens is 1. The maximum atomic E-state index is 10.2. The van der Waals surface area contributed by atoms with Gasteiger partial charge in [0, 0.05) is 5.41 Å². The fourth-order valence-corrected chi connectivity index (χ4v) is 3.65. The smallest absolute Gasteiger partial charge is 0.122 e. The Morgan fingerprint density at radius 2 is 1.68 bits per heavy atom. The van der Waals surface area contributed by atoms with E-state index in [0.29, 0.717) is 11.4 Å². The van der Waals surface area contributed by atoms with Crippen molar-refractivity contribution in [2.45, 2.75) is 51.5 Å². The fourth-order valence-electron chi connectivity index (χ4n) is 3.56. The van der Waals surface area contributed by atoms with Crippen molar-refractivity contribution >= 4 is 11.6 Å². The molecule has 8 nitrogen and oxygen atoms in total. The van der Waals surface area contributed by atoms with E-state index in [0.717, 1.165) is 22.4 Å². The molecule has 0 spiro atoms. The molecule has 2 aromatic carbocycles. The van der Waals surface area contributed by atoms with Crippen LogP contribution in [-0.4, -0.2) is 61.6 Å². The van der Waals surface area contributed by atoms with Gasteiger partial charge in [-0.15, -0.1) is 16.7 Å². The number of benzene rings is 2. The average Bonchev–Trinajstić information content (AvgIpc) is 3.28. The number of hydrogen-bond donors (Lipinski definition) is 3. The summed E-state index contributed by atoms with van der Waals surface area (Å²) in [6.45, 7) is 6.52. The molecule has 0 radical (unpaired) electrons. The molecule has 1 aromatic heterocycles. The van der Waals surface area contributed by atoms with E-state index in [4.69, 9.17) is 21.1 Å². The van der Waals surface area contributed by atoms with Crippen molar-refractivity contribution < 1.29 is 24.8 Å². The summed E-state index contributed by atoms with van der Waals surface area (Å²) in [4.78, 5) is 0. The Kier molecular flexibility index (Phi) is 8.90. The number of hydrogen-bond acceptors (Lipinski definition) is 7. The number of ether oxygens (including phenoxy) is 2. The predicted octanol–water partition coefficient (Wildman–Crippen LogP) is 2.82. The summed E-state index contributed by atoms with van der Waals surface area (Å²) in [5.41, 5.74) is 3.50. The summed E-state index contributed by atoms with van der Waals surface area (Å²) in [6.07, 6.45) is -0.0285. The van der Waals surface area contributed by atoms with Gasteiger partial charge in [0.1, 0.15) is 36.9 Å². The minimum Gasteiger partial charge on any atom is -0.491 e. The van der Waals surface area contributed by atoms with E-state index in [1.54, 1.807) is 0 Å². The summed E-state index contributed by atoms with van der Waals surface area (Å²) in [6, 6.07) is 13.8. The van der Waals surface area contributed by atoms with E-state index in [9.17, 15) is 15.3 Å². The number of nitrogens with zero attached hydrogens (tertiary/aromatic N) is 3. The average molecular weight is 490 g/mol. The molecule has 34 heavy (non-hydrogen) atoms. The first-order chi connectivity index (χ1) is 16.2. The first kappa shape index (κ1) is 26.0. The Morgan fingerprint density at radius 3 is 2.32 bits per heavy atom. The molecule has 0 amide bonds. The quantitative estimate of drug-likeness (QED) is 0.335. The summed E-state index contributed by atoms with van der Waals surface area (Å²) in [5, 5.41) is 36.7. The SMILES string of the molecule is Cc1cc(C(C)(C)c2ccc(OC[C@H](O)Cn3nncc3CO)cc2)ccc1OC[C@H](O)CCl. The van der Waals surface area contributed by atoms with Crippen LogP contribution in [0.15, 0.2) is 48.7 Å². The monoisotopic (exact) mass is 489 g/mol. The minimum atomic E-state index is -0.794. The maximum Gasteiger partial charge on any atom is 0.122 e. The first-order valence-electron chi connectivity index (χ1n) is 11.1. The molecule has 0 unspecified atom stereocenters. The highest BCUT2D eigenvalue weighted by Crippen LogP contribution is 2.34. The number of alkyl halides is 1. The number of aromatic nitrogens is 3. The standard InChI is InChI=1S/C25H32ClN3O5/c1-17-10-19(6-9-24(17)34-15-21(31)11-26)25(2,3)18-4-7-23(8-5-18)33-16-22(32)13-29-20(14-30)12-27-28-29/h4-10,12,21-22,30-32H,11,13-16H2,1-3H3/t21-,22-/m1/s1. The van der Waals surface area contributed by atoms with Crippen LogP contribution in [0.3, 0.4) is 0 Å². The fraction of sp³-hybridized carbons (Fsp3) is 0.440. The highest BCUT2D eigenvalue weighted by Gasteiger charge is 2.24. The second-order valence-electron chi connectivity index (χ2n) is 8.78. The summed E-state index contributed by atoms with van der Waals surface area (Å²) < 4.78 is 12.9. The van der Waals surface area contributed by atoms with E-state index in [1.807, 2.05) is 43.3 Å². The molecule has 0 fully saturated rings. The van der Waals surface area contributed by atoms with Gasteiger partial charge in [0.05, 0.1) is 30.9 Å². The lowest BCUT2D eigenvalue weighted by Crippen LogP contribution is -2.25. The van der Waals surface area contributed by atoms with Crippen molar-refractivity contribution in [1.29, 1.82) is 0 Å². The van der Waals surface area contributed by atoms with Crippen molar-refractivity contribution in [2.75, 3.05) is 19.1 Å². The van der Waals surface area contributed by atoms with Crippen molar-refractivity contribution in [1.82, 2.24) is 15.0 Å². The molecule has 0 saturated carbocycles. The van der Waals surface area contributed by atoms with Crippen molar-refractivity contribution in [3.05, 3.63) is 71.0 Å². The van der Waals surface area contributed by atoms with Gasteiger partial charge in [-0.1, -0.05) is 43.3 Å². The molecule has 2 atom stereocenters. The van der Waals surface area contributed by atoms with Crippen LogP contribution in [0.25, 0.3) is 0 Å². The van der Waals surface area contributed by atoms with E-state index in [2.05, 4.69) is 30.2 Å². The van der Waals surface area contributed by atoms with Crippen LogP contribution in [0.2, 0.25) is 0 Å². The largest absolute Gasteiger partial charge is 0.491 e. The van der Waals surface area contributed by atoms with Crippen molar-refractivity contribution in [2.24, 2.45) is 0 Å². The Bertz CT molecular complexity index is 1050. The van der Waals surface area contributed by atoms with Crippen molar-refractivity contribution in [3.63, 3.8) is 0 Å². The van der Waals surface area contributed by atoms with Crippen LogP contribution in [-0.2, 0) is 18.6 Å². The van der Waals surface area contributed by atoms with E-state index >= 15 is 0 Å². The Labute approximate surface area is 204 Å². The highest BCUT2D eigenvalue weighted by atomic mass is 35.5. The lowest BCUT2D eigenvalue weighted by Gasteiger charge is -2.27. The lowest BCUT2D eigenvalue weighted by molar-refractivity contribution is 0.0866. The zero-order valence-corrected chi connectivity index (χ0v) is 20.4. The van der Waals surface area contributed by atoms with Crippen LogP contribution in [0, 0.1) is 6.92 Å². The van der Waals surface area contributed by atoms with E-state index < -0.39 is 12.2 Å². The van der Waals surface area contributed by atoms with Gasteiger partial charge >= 0.3 is 0 Å². The lowest BCUT2D eigenvalue weighted by atomic mass is 9.77. The van der Waals surface area contributed by atoms with Gasteiger partial charge in [-0.05, 0) is 41.8 Å². The third kappa shape index (κ3) is 6.48. The molecule has 0 aliphatic carbocycles. The Hall–Kier alpha value is -2.65. The van der Waals surface area contributed by atoms with Crippen LogP contribution >= 0.6 is 11.6 Å². The highest BCUT2D eigenvalue weighted by molar-refractivity contribution is 6.18. The van der Waals surface area contributed by atoms with Gasteiger partial charge in [0.15, 0.2) is 0 Å². The van der Waals surface area contributed by atoms with Crippen LogP contribution < -0.4 is 9.47 Å². The molecule has 1 heterocycles. The summed E-state index contributed by atoms with van der Waals surface area (Å²) in [7, 11) is 0. The molecular weight excluding hydrogens is 458 g/mol. The normalized spacial score (nSPS) is 13.5. The van der Waals surface area contributed by atoms with Gasteiger partial charge in [-0.25, -0.2) is 4.68 Å². The molecule has 3 rings (SSSR count). The topological polar surface area (TPSA) is 110 Å². The number of rotatable bonds is 12. The van der Waals surface area contributed by atoms with Crippen LogP contribution in [0.4, 0.5) is 0 Å². The van der Waals surface area contributed by atoms with Gasteiger partial charge in [-0.2, -0.15) is 0 Å². The molecule has 0 aliphatic heterocycles. The van der Waals surface area contributed by atoms with Crippen LogP contribution in [0.5, 0.6) is 11.5 Å². The first-order valence-corrected chi connectivity index (χ1v) is 11.7. The van der Waals surface area contributed by atoms with Crippen molar-refractivity contribution in [3.8, 4) is 11.5 Å². The van der Waals surface area contributed by atoms with Gasteiger partial charge in [0.25, 0.3) is 0 Å². The number of aryl methyl sites for hydroxylation is 1. The second kappa shape index (κ2) is 11.7. The summed E-state index contributed by atoms with van der Waals surface area (Å²) in [5.74, 6) is 1.51. The van der Waals surface area contributed by atoms with E-state index in [1.165, 1.54) is 10.9 Å². The molecule has 0 bridgehead atoms. The van der Waals surface area contributed by atoms with Gasteiger partial charge in [0.2, 0.25) is 0 Å². The molecule has 0 saturated heterocycles. The third-order valence-electron chi connectivity index (χ3n) is 5.77. The molecule has 3 aromatic rings. The molecular formula is C25H32ClN3O5. The Morgan fingerprint density at radius 1 is 1.00 bits per heavy atom. The van der Waals surface area contributed by atoms with Gasteiger partial charge in [-0.3, -0.25) is 0 Å². The van der Waals surface area contributed by atoms with Crippen LogP contribution in [0.1, 0.15) is 36.2 Å². The number of aliphatic hydroxyl groups is 3. The number of aliphatic hydroxyl groups excluding tert-OH is 3. The molecule has 3 N–H and O–H groups in total. The minimum absolute atomic E-state index is 0.0898. The molecule has 0 aliphatic rings. The third-order valence-corrected chi connectivity index (χ3v) is 6.12.